The first-order valence-corrected chi connectivity index (χ1v) is 6.20. The number of hydrogen-bond acceptors (Lipinski definition) is 3. The normalized spacial score (nSPS) is 20.9. The number of likely N-dealkylation sites (tertiary alicyclic amines) is 1. The maximum Gasteiger partial charge on any atom is 0.264 e. The molecule has 15 heavy (non-hydrogen) atoms. The van der Waals surface area contributed by atoms with E-state index in [1.807, 2.05) is 29.5 Å². The van der Waals surface area contributed by atoms with Crippen molar-refractivity contribution < 1.29 is 4.79 Å². The summed E-state index contributed by atoms with van der Waals surface area (Å²) in [5.41, 5.74) is 0. The Kier molecular flexibility index (Phi) is 3.38. The fourth-order valence-electron chi connectivity index (χ4n) is 2.09. The highest BCUT2D eigenvalue weighted by Gasteiger charge is 2.28. The van der Waals surface area contributed by atoms with E-state index in [1.54, 1.807) is 0 Å². The van der Waals surface area contributed by atoms with E-state index in [-0.39, 0.29) is 5.91 Å². The van der Waals surface area contributed by atoms with Gasteiger partial charge in [0, 0.05) is 19.1 Å². The van der Waals surface area contributed by atoms with E-state index in [4.69, 9.17) is 0 Å². The first-order valence-electron chi connectivity index (χ1n) is 5.32. The standard InChI is InChI=1S/C11H16N2OS/c1-12-8-9-4-2-6-13(9)11(14)10-5-3-7-15-10/h3,5,7,9,12H,2,4,6,8H2,1H3. The van der Waals surface area contributed by atoms with Crippen molar-refractivity contribution in [2.24, 2.45) is 0 Å². The summed E-state index contributed by atoms with van der Waals surface area (Å²) in [7, 11) is 1.94. The zero-order chi connectivity index (χ0) is 10.7. The van der Waals surface area contributed by atoms with Crippen LogP contribution < -0.4 is 5.32 Å². The molecule has 2 rings (SSSR count). The highest BCUT2D eigenvalue weighted by molar-refractivity contribution is 7.12. The highest BCUT2D eigenvalue weighted by atomic mass is 32.1. The Morgan fingerprint density at radius 2 is 2.60 bits per heavy atom. The fourth-order valence-corrected chi connectivity index (χ4v) is 2.77. The van der Waals surface area contributed by atoms with Crippen LogP contribution >= 0.6 is 11.3 Å². The number of nitrogens with one attached hydrogen (secondary N) is 1. The van der Waals surface area contributed by atoms with Crippen LogP contribution in [0.5, 0.6) is 0 Å². The third-order valence-electron chi connectivity index (χ3n) is 2.81. The third kappa shape index (κ3) is 2.21. The predicted octanol–water partition coefficient (Wildman–Crippen LogP) is 1.57. The van der Waals surface area contributed by atoms with E-state index in [2.05, 4.69) is 5.32 Å². The molecule has 82 valence electrons. The molecule has 1 aliphatic rings. The van der Waals surface area contributed by atoms with Crippen molar-refractivity contribution in [3.63, 3.8) is 0 Å². The van der Waals surface area contributed by atoms with Crippen LogP contribution in [0.25, 0.3) is 0 Å². The van der Waals surface area contributed by atoms with Crippen molar-refractivity contribution in [3.05, 3.63) is 22.4 Å². The molecule has 0 saturated carbocycles. The molecule has 0 aliphatic carbocycles. The molecule has 1 unspecified atom stereocenters. The molecule has 1 amide bonds. The molecule has 3 nitrogen and oxygen atoms in total. The lowest BCUT2D eigenvalue weighted by Gasteiger charge is -2.23. The summed E-state index contributed by atoms with van der Waals surface area (Å²) in [6.45, 7) is 1.81. The van der Waals surface area contributed by atoms with Gasteiger partial charge in [-0.1, -0.05) is 6.07 Å². The molecule has 1 atom stereocenters. The summed E-state index contributed by atoms with van der Waals surface area (Å²) in [6.07, 6.45) is 2.25. The summed E-state index contributed by atoms with van der Waals surface area (Å²) >= 11 is 1.53. The topological polar surface area (TPSA) is 32.3 Å². The van der Waals surface area contributed by atoms with Crippen LogP contribution in [0.15, 0.2) is 17.5 Å². The molecular formula is C11H16N2OS. The lowest BCUT2D eigenvalue weighted by molar-refractivity contribution is 0.0742. The highest BCUT2D eigenvalue weighted by Crippen LogP contribution is 2.21. The van der Waals surface area contributed by atoms with Crippen LogP contribution in [-0.2, 0) is 0 Å². The van der Waals surface area contributed by atoms with Crippen LogP contribution in [0.4, 0.5) is 0 Å². The Morgan fingerprint density at radius 3 is 3.27 bits per heavy atom. The maximum absolute atomic E-state index is 12.1. The number of amides is 1. The van der Waals surface area contributed by atoms with Gasteiger partial charge in [0.2, 0.25) is 0 Å². The summed E-state index contributed by atoms with van der Waals surface area (Å²) in [5.74, 6) is 0.197. The second-order valence-electron chi connectivity index (χ2n) is 3.83. The van der Waals surface area contributed by atoms with Crippen molar-refractivity contribution >= 4 is 17.2 Å². The van der Waals surface area contributed by atoms with Crippen LogP contribution in [0, 0.1) is 0 Å². The van der Waals surface area contributed by atoms with E-state index in [1.165, 1.54) is 11.3 Å². The Morgan fingerprint density at radius 1 is 1.73 bits per heavy atom. The van der Waals surface area contributed by atoms with Crippen molar-refractivity contribution in [3.8, 4) is 0 Å². The minimum atomic E-state index is 0.197. The van der Waals surface area contributed by atoms with Gasteiger partial charge in [0.1, 0.15) is 0 Å². The molecule has 0 radical (unpaired) electrons. The summed E-state index contributed by atoms with van der Waals surface area (Å²) < 4.78 is 0. The van der Waals surface area contributed by atoms with Gasteiger partial charge in [-0.3, -0.25) is 4.79 Å². The van der Waals surface area contributed by atoms with Crippen LogP contribution in [-0.4, -0.2) is 37.0 Å². The molecule has 1 aromatic heterocycles. The van der Waals surface area contributed by atoms with Gasteiger partial charge in [-0.15, -0.1) is 11.3 Å². The number of carbonyl (C=O) groups is 1. The minimum Gasteiger partial charge on any atom is -0.334 e. The fraction of sp³-hybridized carbons (Fsp3) is 0.545. The molecular weight excluding hydrogens is 208 g/mol. The number of thiophene rings is 1. The molecule has 4 heteroatoms. The first-order chi connectivity index (χ1) is 7.33. The molecule has 2 heterocycles. The van der Waals surface area contributed by atoms with Gasteiger partial charge < -0.3 is 10.2 Å². The van der Waals surface area contributed by atoms with Gasteiger partial charge in [-0.25, -0.2) is 0 Å². The quantitative estimate of drug-likeness (QED) is 0.845. The summed E-state index contributed by atoms with van der Waals surface area (Å²) in [5, 5.41) is 5.10. The van der Waals surface area contributed by atoms with E-state index in [0.717, 1.165) is 30.8 Å². The van der Waals surface area contributed by atoms with Gasteiger partial charge >= 0.3 is 0 Å². The van der Waals surface area contributed by atoms with Crippen LogP contribution in [0.2, 0.25) is 0 Å². The molecule has 0 bridgehead atoms. The second kappa shape index (κ2) is 4.77. The molecule has 1 N–H and O–H groups in total. The Labute approximate surface area is 94.1 Å². The minimum absolute atomic E-state index is 0.197. The van der Waals surface area contributed by atoms with Gasteiger partial charge in [-0.05, 0) is 31.3 Å². The lowest BCUT2D eigenvalue weighted by atomic mass is 10.2. The zero-order valence-corrected chi connectivity index (χ0v) is 9.72. The van der Waals surface area contributed by atoms with Gasteiger partial charge in [0.15, 0.2) is 0 Å². The Hall–Kier alpha value is -0.870. The van der Waals surface area contributed by atoms with E-state index >= 15 is 0 Å². The van der Waals surface area contributed by atoms with Crippen LogP contribution in [0.1, 0.15) is 22.5 Å². The number of carbonyl (C=O) groups excluding carboxylic acids is 1. The molecule has 1 aliphatic heterocycles. The van der Waals surface area contributed by atoms with Gasteiger partial charge in [0.25, 0.3) is 5.91 Å². The smallest absolute Gasteiger partial charge is 0.264 e. The SMILES string of the molecule is CNCC1CCCN1C(=O)c1cccs1. The van der Waals surface area contributed by atoms with Crippen molar-refractivity contribution in [2.45, 2.75) is 18.9 Å². The largest absolute Gasteiger partial charge is 0.334 e. The number of rotatable bonds is 3. The maximum atomic E-state index is 12.1. The predicted molar refractivity (Wildman–Crippen MR) is 62.3 cm³/mol. The summed E-state index contributed by atoms with van der Waals surface area (Å²) in [6, 6.07) is 4.22. The molecule has 1 fully saturated rings. The average molecular weight is 224 g/mol. The second-order valence-corrected chi connectivity index (χ2v) is 4.78. The van der Waals surface area contributed by atoms with Crippen molar-refractivity contribution in [1.29, 1.82) is 0 Å². The molecule has 1 saturated heterocycles. The van der Waals surface area contributed by atoms with E-state index in [0.29, 0.717) is 6.04 Å². The Bertz CT molecular complexity index is 323. The molecule has 1 aromatic rings. The number of hydrogen-bond donors (Lipinski definition) is 1. The third-order valence-corrected chi connectivity index (χ3v) is 3.67. The van der Waals surface area contributed by atoms with Gasteiger partial charge in [-0.2, -0.15) is 0 Å². The molecule has 0 aromatic carbocycles. The van der Waals surface area contributed by atoms with Crippen molar-refractivity contribution in [2.75, 3.05) is 20.1 Å². The van der Waals surface area contributed by atoms with Crippen LogP contribution in [0.3, 0.4) is 0 Å². The lowest BCUT2D eigenvalue weighted by Crippen LogP contribution is -2.40. The van der Waals surface area contributed by atoms with E-state index < -0.39 is 0 Å². The van der Waals surface area contributed by atoms with Crippen molar-refractivity contribution in [1.82, 2.24) is 10.2 Å². The van der Waals surface area contributed by atoms with E-state index in [9.17, 15) is 4.79 Å². The summed E-state index contributed by atoms with van der Waals surface area (Å²) in [4.78, 5) is 15.0. The number of nitrogens with zero attached hydrogens (tertiary/aromatic N) is 1. The zero-order valence-electron chi connectivity index (χ0n) is 8.90. The number of likely N-dealkylation sites (N-methyl/N-ethyl adjacent to an activating group) is 1. The Balaban J connectivity index is 2.06. The molecule has 0 spiro atoms. The van der Waals surface area contributed by atoms with Gasteiger partial charge in [0.05, 0.1) is 4.88 Å². The average Bonchev–Trinajstić information content (AvgIpc) is 2.87. The first kappa shape index (κ1) is 10.6. The monoisotopic (exact) mass is 224 g/mol.